The molecule has 11 heavy (non-hydrogen) atoms. The Labute approximate surface area is 75.6 Å². The summed E-state index contributed by atoms with van der Waals surface area (Å²) >= 11 is 4.81. The van der Waals surface area contributed by atoms with Gasteiger partial charge in [-0.3, -0.25) is 0 Å². The molecular formula is C6H4BrN3S. The highest BCUT2D eigenvalue weighted by Gasteiger charge is 2.01. The van der Waals surface area contributed by atoms with Gasteiger partial charge in [0.25, 0.3) is 0 Å². The Morgan fingerprint density at radius 3 is 3.09 bits per heavy atom. The normalized spacial score (nSPS) is 10.7. The lowest BCUT2D eigenvalue weighted by atomic mass is 10.5. The summed E-state index contributed by atoms with van der Waals surface area (Å²) in [5.74, 6) is 0.786. The predicted octanol–water partition coefficient (Wildman–Crippen LogP) is 2.16. The van der Waals surface area contributed by atoms with Crippen LogP contribution < -0.4 is 0 Å². The maximum Gasteiger partial charge on any atom is 0.161 e. The molecule has 2 heterocycles. The zero-order chi connectivity index (χ0) is 7.84. The van der Waals surface area contributed by atoms with Crippen molar-refractivity contribution < 1.29 is 0 Å². The number of aromatic nitrogens is 3. The molecule has 0 saturated carbocycles. The minimum absolute atomic E-state index is 0.786. The molecule has 0 unspecified atom stereocenters. The van der Waals surface area contributed by atoms with Crippen molar-refractivity contribution >= 4 is 37.6 Å². The highest BCUT2D eigenvalue weighted by molar-refractivity contribution is 9.11. The molecule has 0 spiro atoms. The van der Waals surface area contributed by atoms with E-state index in [0.717, 1.165) is 20.1 Å². The van der Waals surface area contributed by atoms with Crippen molar-refractivity contribution in [3.8, 4) is 0 Å². The molecule has 2 aromatic heterocycles. The van der Waals surface area contributed by atoms with Gasteiger partial charge in [0.05, 0.1) is 6.20 Å². The maximum absolute atomic E-state index is 4.21. The molecule has 5 heteroatoms. The Morgan fingerprint density at radius 2 is 2.27 bits per heavy atom. The Morgan fingerprint density at radius 1 is 1.45 bits per heavy atom. The van der Waals surface area contributed by atoms with Crippen molar-refractivity contribution in [3.05, 3.63) is 15.9 Å². The van der Waals surface area contributed by atoms with Crippen molar-refractivity contribution in [3.63, 3.8) is 0 Å². The summed E-state index contributed by atoms with van der Waals surface area (Å²) in [5.41, 5.74) is 0.854. The van der Waals surface area contributed by atoms with Gasteiger partial charge < -0.3 is 0 Å². The molecule has 0 saturated heterocycles. The standard InChI is InChI=1S/C6H4BrN3S/c1-3-8-2-4-5(9-3)11-6(7)10-4/h2H,1H3. The van der Waals surface area contributed by atoms with Gasteiger partial charge >= 0.3 is 0 Å². The quantitative estimate of drug-likeness (QED) is 0.696. The second-order valence-corrected chi connectivity index (χ2v) is 4.33. The Kier molecular flexibility index (Phi) is 1.61. The predicted molar refractivity (Wildman–Crippen MR) is 47.6 cm³/mol. The highest BCUT2D eigenvalue weighted by Crippen LogP contribution is 2.23. The Hall–Kier alpha value is -0.550. The van der Waals surface area contributed by atoms with E-state index in [4.69, 9.17) is 0 Å². The van der Waals surface area contributed by atoms with Crippen LogP contribution in [0.5, 0.6) is 0 Å². The van der Waals surface area contributed by atoms with E-state index in [1.807, 2.05) is 6.92 Å². The van der Waals surface area contributed by atoms with E-state index in [9.17, 15) is 0 Å². The van der Waals surface area contributed by atoms with Gasteiger partial charge in [0.15, 0.2) is 3.92 Å². The molecule has 56 valence electrons. The lowest BCUT2D eigenvalue weighted by molar-refractivity contribution is 1.09. The second kappa shape index (κ2) is 2.49. The minimum Gasteiger partial charge on any atom is -0.239 e. The summed E-state index contributed by atoms with van der Waals surface area (Å²) in [5, 5.41) is 0. The third kappa shape index (κ3) is 1.25. The molecule has 0 aliphatic carbocycles. The second-order valence-electron chi connectivity index (χ2n) is 2.07. The molecule has 2 rings (SSSR count). The van der Waals surface area contributed by atoms with Crippen LogP contribution in [0.25, 0.3) is 10.3 Å². The molecule has 0 aromatic carbocycles. The van der Waals surface area contributed by atoms with Gasteiger partial charge in [-0.15, -0.1) is 0 Å². The van der Waals surface area contributed by atoms with Crippen LogP contribution in [0.4, 0.5) is 0 Å². The van der Waals surface area contributed by atoms with Gasteiger partial charge in [0, 0.05) is 0 Å². The van der Waals surface area contributed by atoms with Gasteiger partial charge in [-0.2, -0.15) is 0 Å². The summed E-state index contributed by atoms with van der Waals surface area (Å²) in [4.78, 5) is 13.3. The van der Waals surface area contributed by atoms with Crippen LogP contribution in [0.2, 0.25) is 0 Å². The van der Waals surface area contributed by atoms with Gasteiger partial charge in [0.2, 0.25) is 0 Å². The van der Waals surface area contributed by atoms with Crippen LogP contribution in [-0.2, 0) is 0 Å². The van der Waals surface area contributed by atoms with Gasteiger partial charge in [0.1, 0.15) is 16.2 Å². The minimum atomic E-state index is 0.786. The van der Waals surface area contributed by atoms with Gasteiger partial charge in [-0.1, -0.05) is 11.3 Å². The van der Waals surface area contributed by atoms with E-state index in [2.05, 4.69) is 30.9 Å². The zero-order valence-corrected chi connectivity index (χ0v) is 8.11. The zero-order valence-electron chi connectivity index (χ0n) is 5.71. The summed E-state index contributed by atoms with van der Waals surface area (Å²) in [7, 11) is 0. The molecule has 3 nitrogen and oxygen atoms in total. The first kappa shape index (κ1) is 7.12. The van der Waals surface area contributed by atoms with Crippen molar-refractivity contribution in [2.75, 3.05) is 0 Å². The molecule has 0 bridgehead atoms. The Bertz CT molecular complexity index is 398. The monoisotopic (exact) mass is 229 g/mol. The smallest absolute Gasteiger partial charge is 0.161 e. The van der Waals surface area contributed by atoms with Crippen LogP contribution in [0.3, 0.4) is 0 Å². The van der Waals surface area contributed by atoms with Crippen molar-refractivity contribution in [1.82, 2.24) is 15.0 Å². The fraction of sp³-hybridized carbons (Fsp3) is 0.167. The molecule has 0 N–H and O–H groups in total. The van der Waals surface area contributed by atoms with Crippen molar-refractivity contribution in [1.29, 1.82) is 0 Å². The third-order valence-electron chi connectivity index (χ3n) is 1.25. The van der Waals surface area contributed by atoms with E-state index in [-0.39, 0.29) is 0 Å². The lowest BCUT2D eigenvalue weighted by Gasteiger charge is -1.87. The molecule has 0 aliphatic rings. The van der Waals surface area contributed by atoms with Gasteiger partial charge in [-0.25, -0.2) is 15.0 Å². The van der Waals surface area contributed by atoms with Crippen molar-refractivity contribution in [2.45, 2.75) is 6.92 Å². The van der Waals surface area contributed by atoms with E-state index in [1.54, 1.807) is 6.20 Å². The average molecular weight is 230 g/mol. The molecule has 0 radical (unpaired) electrons. The van der Waals surface area contributed by atoms with Crippen LogP contribution in [0.15, 0.2) is 10.1 Å². The number of hydrogen-bond donors (Lipinski definition) is 0. The lowest BCUT2D eigenvalue weighted by Crippen LogP contribution is -1.83. The summed E-state index contributed by atoms with van der Waals surface area (Å²) in [6.07, 6.45) is 1.74. The van der Waals surface area contributed by atoms with Crippen LogP contribution in [-0.4, -0.2) is 15.0 Å². The number of aryl methyl sites for hydroxylation is 1. The molecule has 0 atom stereocenters. The topological polar surface area (TPSA) is 38.7 Å². The fourth-order valence-corrected chi connectivity index (χ4v) is 2.13. The van der Waals surface area contributed by atoms with E-state index >= 15 is 0 Å². The molecule has 2 aromatic rings. The van der Waals surface area contributed by atoms with Crippen LogP contribution >= 0.6 is 27.3 Å². The first-order chi connectivity index (χ1) is 5.25. The Balaban J connectivity index is 2.82. The fourth-order valence-electron chi connectivity index (χ4n) is 0.792. The molecule has 0 aliphatic heterocycles. The number of thiazole rings is 1. The number of hydrogen-bond acceptors (Lipinski definition) is 4. The molecule has 0 amide bonds. The first-order valence-corrected chi connectivity index (χ1v) is 4.62. The summed E-state index contributed by atoms with van der Waals surface area (Å²) in [6.45, 7) is 1.87. The van der Waals surface area contributed by atoms with Crippen LogP contribution in [0.1, 0.15) is 5.82 Å². The van der Waals surface area contributed by atoms with E-state index in [0.29, 0.717) is 0 Å². The van der Waals surface area contributed by atoms with E-state index in [1.165, 1.54) is 11.3 Å². The highest BCUT2D eigenvalue weighted by atomic mass is 79.9. The first-order valence-electron chi connectivity index (χ1n) is 3.01. The summed E-state index contributed by atoms with van der Waals surface area (Å²) in [6, 6.07) is 0. The number of rotatable bonds is 0. The average Bonchev–Trinajstić information content (AvgIpc) is 2.27. The largest absolute Gasteiger partial charge is 0.239 e. The van der Waals surface area contributed by atoms with Crippen molar-refractivity contribution in [2.24, 2.45) is 0 Å². The summed E-state index contributed by atoms with van der Waals surface area (Å²) < 4.78 is 0.854. The molecule has 0 fully saturated rings. The van der Waals surface area contributed by atoms with Crippen LogP contribution in [0, 0.1) is 6.92 Å². The van der Waals surface area contributed by atoms with Gasteiger partial charge in [-0.05, 0) is 22.9 Å². The van der Waals surface area contributed by atoms with E-state index < -0.39 is 0 Å². The third-order valence-corrected chi connectivity index (χ3v) is 2.66. The number of fused-ring (bicyclic) bond motifs is 1. The molecular weight excluding hydrogens is 226 g/mol. The number of nitrogens with zero attached hydrogens (tertiary/aromatic N) is 3. The number of halogens is 1. The SMILES string of the molecule is Cc1ncc2nc(Br)sc2n1. The maximum atomic E-state index is 4.21.